The van der Waals surface area contributed by atoms with Gasteiger partial charge in [-0.25, -0.2) is 0 Å². The van der Waals surface area contributed by atoms with Gasteiger partial charge < -0.3 is 31.3 Å². The van der Waals surface area contributed by atoms with Crippen LogP contribution in [0.5, 0.6) is 17.2 Å². The van der Waals surface area contributed by atoms with Gasteiger partial charge in [-0.3, -0.25) is 0 Å². The average Bonchev–Trinajstić information content (AvgIpc) is 2.81. The Morgan fingerprint density at radius 2 is 1.76 bits per heavy atom. The molecule has 0 spiro atoms. The number of benzene rings is 2. The van der Waals surface area contributed by atoms with Gasteiger partial charge >= 0.3 is 0 Å². The summed E-state index contributed by atoms with van der Waals surface area (Å²) < 4.78 is 0. The SMILES string of the molecule is CCCN(CCCCCCNCCc1ccc(O)c(N)c1)[C@H]1CCc2c(ccc(O)c2O)C1. The third kappa shape index (κ3) is 7.27. The van der Waals surface area contributed by atoms with Crippen molar-refractivity contribution in [2.24, 2.45) is 0 Å². The van der Waals surface area contributed by atoms with Crippen molar-refractivity contribution >= 4 is 5.69 Å². The van der Waals surface area contributed by atoms with Crippen molar-refractivity contribution in [3.05, 3.63) is 47.0 Å². The van der Waals surface area contributed by atoms with Gasteiger partial charge in [0.15, 0.2) is 11.5 Å². The molecule has 0 bridgehead atoms. The first-order chi connectivity index (χ1) is 16.0. The number of phenolic OH excluding ortho intramolecular Hbond substituents is 3. The summed E-state index contributed by atoms with van der Waals surface area (Å²) in [6.07, 6.45) is 9.79. The standard InChI is InChI=1S/C27H41N3O3/c1-2-16-30(22-9-10-23-21(19-22)8-12-26(32)27(23)33)17-6-4-3-5-14-29-15-13-20-7-11-25(31)24(28)18-20/h7-8,11-12,18,22,29,31-33H,2-6,9-10,13-17,19,28H2,1H3/t22-/m0/s1. The maximum absolute atomic E-state index is 10.1. The fourth-order valence-corrected chi connectivity index (χ4v) is 4.91. The Balaban J connectivity index is 1.30. The molecule has 1 atom stereocenters. The van der Waals surface area contributed by atoms with E-state index >= 15 is 0 Å². The largest absolute Gasteiger partial charge is 0.506 e. The number of anilines is 1. The topological polar surface area (TPSA) is 102 Å². The van der Waals surface area contributed by atoms with Crippen LogP contribution in [0.1, 0.15) is 62.1 Å². The van der Waals surface area contributed by atoms with Gasteiger partial charge in [0.2, 0.25) is 0 Å². The predicted molar refractivity (Wildman–Crippen MR) is 135 cm³/mol. The van der Waals surface area contributed by atoms with E-state index in [1.165, 1.54) is 31.2 Å². The van der Waals surface area contributed by atoms with E-state index < -0.39 is 0 Å². The van der Waals surface area contributed by atoms with E-state index in [4.69, 9.17) is 5.73 Å². The summed E-state index contributed by atoms with van der Waals surface area (Å²) in [5.74, 6) is 0.225. The summed E-state index contributed by atoms with van der Waals surface area (Å²) in [5, 5.41) is 32.9. The van der Waals surface area contributed by atoms with Gasteiger partial charge in [0.1, 0.15) is 5.75 Å². The fraction of sp³-hybridized carbons (Fsp3) is 0.556. The summed E-state index contributed by atoms with van der Waals surface area (Å²) in [6.45, 7) is 6.44. The highest BCUT2D eigenvalue weighted by Crippen LogP contribution is 2.36. The smallest absolute Gasteiger partial charge is 0.160 e. The van der Waals surface area contributed by atoms with Crippen LogP contribution in [0.25, 0.3) is 0 Å². The Hall–Kier alpha value is -2.44. The molecule has 0 fully saturated rings. The number of fused-ring (bicyclic) bond motifs is 1. The van der Waals surface area contributed by atoms with Crippen LogP contribution in [0.3, 0.4) is 0 Å². The summed E-state index contributed by atoms with van der Waals surface area (Å²) in [4.78, 5) is 2.63. The minimum Gasteiger partial charge on any atom is -0.506 e. The van der Waals surface area contributed by atoms with Crippen molar-refractivity contribution in [2.75, 3.05) is 31.9 Å². The molecule has 6 nitrogen and oxygen atoms in total. The van der Waals surface area contributed by atoms with Crippen molar-refractivity contribution in [1.82, 2.24) is 10.2 Å². The van der Waals surface area contributed by atoms with Gasteiger partial charge in [-0.1, -0.05) is 31.9 Å². The number of unbranched alkanes of at least 4 members (excludes halogenated alkanes) is 3. The zero-order valence-electron chi connectivity index (χ0n) is 20.0. The number of nitrogens with two attached hydrogens (primary N) is 1. The van der Waals surface area contributed by atoms with Crippen LogP contribution in [0.2, 0.25) is 0 Å². The second kappa shape index (κ2) is 12.7. The van der Waals surface area contributed by atoms with E-state index in [0.717, 1.165) is 69.4 Å². The lowest BCUT2D eigenvalue weighted by atomic mass is 9.86. The number of nitrogens with one attached hydrogen (secondary N) is 1. The molecule has 1 aliphatic rings. The molecule has 1 aliphatic carbocycles. The molecule has 0 heterocycles. The third-order valence-electron chi connectivity index (χ3n) is 6.80. The van der Waals surface area contributed by atoms with E-state index in [1.807, 2.05) is 18.2 Å². The first kappa shape index (κ1) is 25.2. The van der Waals surface area contributed by atoms with Gasteiger partial charge in [0.05, 0.1) is 5.69 Å². The lowest BCUT2D eigenvalue weighted by Gasteiger charge is -2.35. The Morgan fingerprint density at radius 1 is 0.970 bits per heavy atom. The minimum atomic E-state index is -0.00263. The first-order valence-electron chi connectivity index (χ1n) is 12.5. The summed E-state index contributed by atoms with van der Waals surface area (Å²) in [6, 6.07) is 9.55. The number of rotatable bonds is 13. The van der Waals surface area contributed by atoms with E-state index in [9.17, 15) is 15.3 Å². The number of aromatic hydroxyl groups is 3. The molecular formula is C27H41N3O3. The van der Waals surface area contributed by atoms with Gasteiger partial charge in [0, 0.05) is 11.6 Å². The van der Waals surface area contributed by atoms with Crippen molar-refractivity contribution < 1.29 is 15.3 Å². The monoisotopic (exact) mass is 455 g/mol. The molecule has 6 heteroatoms. The molecule has 0 aliphatic heterocycles. The number of hydrogen-bond donors (Lipinski definition) is 5. The van der Waals surface area contributed by atoms with Gasteiger partial charge in [-0.2, -0.15) is 0 Å². The van der Waals surface area contributed by atoms with Crippen LogP contribution in [-0.2, 0) is 19.3 Å². The van der Waals surface area contributed by atoms with Crippen molar-refractivity contribution in [1.29, 1.82) is 0 Å². The maximum atomic E-state index is 10.1. The molecule has 0 radical (unpaired) electrons. The Kier molecular flexibility index (Phi) is 9.70. The predicted octanol–water partition coefficient (Wildman–Crippen LogP) is 4.35. The number of phenols is 3. The summed E-state index contributed by atoms with van der Waals surface area (Å²) in [5.41, 5.74) is 9.45. The van der Waals surface area contributed by atoms with Gasteiger partial charge in [0.25, 0.3) is 0 Å². The molecule has 2 aromatic carbocycles. The minimum absolute atomic E-state index is 0.00263. The number of nitrogen functional groups attached to an aromatic ring is 1. The molecule has 2 aromatic rings. The highest BCUT2D eigenvalue weighted by atomic mass is 16.3. The molecule has 0 saturated heterocycles. The first-order valence-corrected chi connectivity index (χ1v) is 12.5. The second-order valence-corrected chi connectivity index (χ2v) is 9.31. The van der Waals surface area contributed by atoms with E-state index in [0.29, 0.717) is 11.7 Å². The van der Waals surface area contributed by atoms with Gasteiger partial charge in [-0.05, 0) is 100 Å². The van der Waals surface area contributed by atoms with Crippen LogP contribution >= 0.6 is 0 Å². The highest BCUT2D eigenvalue weighted by molar-refractivity contribution is 5.53. The second-order valence-electron chi connectivity index (χ2n) is 9.31. The van der Waals surface area contributed by atoms with Crippen LogP contribution in [0.15, 0.2) is 30.3 Å². The molecule has 0 unspecified atom stereocenters. The lowest BCUT2D eigenvalue weighted by Crippen LogP contribution is -2.40. The molecular weight excluding hydrogens is 414 g/mol. The Bertz CT molecular complexity index is 887. The van der Waals surface area contributed by atoms with E-state index in [1.54, 1.807) is 12.1 Å². The summed E-state index contributed by atoms with van der Waals surface area (Å²) >= 11 is 0. The van der Waals surface area contributed by atoms with Crippen LogP contribution in [-0.4, -0.2) is 52.4 Å². The average molecular weight is 456 g/mol. The molecule has 182 valence electrons. The lowest BCUT2D eigenvalue weighted by molar-refractivity contribution is 0.175. The van der Waals surface area contributed by atoms with Crippen LogP contribution < -0.4 is 11.1 Å². The Morgan fingerprint density at radius 3 is 2.55 bits per heavy atom. The molecule has 3 rings (SSSR count). The van der Waals surface area contributed by atoms with E-state index in [-0.39, 0.29) is 17.2 Å². The zero-order valence-corrected chi connectivity index (χ0v) is 20.0. The fourth-order valence-electron chi connectivity index (χ4n) is 4.91. The van der Waals surface area contributed by atoms with Crippen molar-refractivity contribution in [3.63, 3.8) is 0 Å². The third-order valence-corrected chi connectivity index (χ3v) is 6.80. The number of nitrogens with zero attached hydrogens (tertiary/aromatic N) is 1. The maximum Gasteiger partial charge on any atom is 0.160 e. The van der Waals surface area contributed by atoms with Crippen molar-refractivity contribution in [2.45, 2.75) is 70.8 Å². The number of hydrogen-bond acceptors (Lipinski definition) is 6. The van der Waals surface area contributed by atoms with E-state index in [2.05, 4.69) is 17.1 Å². The Labute approximate surface area is 198 Å². The van der Waals surface area contributed by atoms with Crippen LogP contribution in [0.4, 0.5) is 5.69 Å². The van der Waals surface area contributed by atoms with Gasteiger partial charge in [-0.15, -0.1) is 0 Å². The molecule has 0 amide bonds. The summed E-state index contributed by atoms with van der Waals surface area (Å²) in [7, 11) is 0. The normalized spacial score (nSPS) is 15.6. The molecule has 0 saturated carbocycles. The zero-order chi connectivity index (χ0) is 23.6. The quantitative estimate of drug-likeness (QED) is 0.175. The van der Waals surface area contributed by atoms with Crippen molar-refractivity contribution in [3.8, 4) is 17.2 Å². The van der Waals surface area contributed by atoms with Crippen LogP contribution in [0, 0.1) is 0 Å². The molecule has 6 N–H and O–H groups in total. The highest BCUT2D eigenvalue weighted by Gasteiger charge is 2.26. The molecule has 0 aromatic heterocycles. The molecule has 33 heavy (non-hydrogen) atoms.